The summed E-state index contributed by atoms with van der Waals surface area (Å²) in [6.45, 7) is 13.9. The van der Waals surface area contributed by atoms with Gasteiger partial charge in [0.1, 0.15) is 0 Å². The third-order valence-corrected chi connectivity index (χ3v) is 2.53. The molecule has 0 saturated carbocycles. The Bertz CT molecular complexity index is 173. The molecule has 0 aliphatic heterocycles. The molecule has 0 radical (unpaired) electrons. The van der Waals surface area contributed by atoms with E-state index in [0.717, 1.165) is 0 Å². The van der Waals surface area contributed by atoms with Crippen LogP contribution < -0.4 is 0 Å². The van der Waals surface area contributed by atoms with Crippen LogP contribution in [-0.2, 0) is 0 Å². The van der Waals surface area contributed by atoms with Gasteiger partial charge in [0.2, 0.25) is 0 Å². The zero-order chi connectivity index (χ0) is 11.9. The first-order valence-corrected chi connectivity index (χ1v) is 6.36. The quantitative estimate of drug-likeness (QED) is 0.410. The third kappa shape index (κ3) is 13.7. The first-order chi connectivity index (χ1) is 6.71. The van der Waals surface area contributed by atoms with Crippen LogP contribution in [0.1, 0.15) is 73.6 Å². The Labute approximate surface area is 97.2 Å². The summed E-state index contributed by atoms with van der Waals surface area (Å²) in [4.78, 5) is 0. The van der Waals surface area contributed by atoms with Gasteiger partial charge in [-0.3, -0.25) is 0 Å². The predicted molar refractivity (Wildman–Crippen MR) is 71.1 cm³/mol. The van der Waals surface area contributed by atoms with Gasteiger partial charge in [-0.15, -0.1) is 0 Å². The molecule has 0 rings (SSSR count). The van der Waals surface area contributed by atoms with Crippen LogP contribution in [0.25, 0.3) is 0 Å². The van der Waals surface area contributed by atoms with E-state index in [1.807, 2.05) is 0 Å². The summed E-state index contributed by atoms with van der Waals surface area (Å²) in [7, 11) is 0. The van der Waals surface area contributed by atoms with Gasteiger partial charge >= 0.3 is 0 Å². The monoisotopic (exact) mass is 210 g/mol. The van der Waals surface area contributed by atoms with E-state index in [1.165, 1.54) is 32.1 Å². The van der Waals surface area contributed by atoms with Crippen molar-refractivity contribution in [1.29, 1.82) is 0 Å². The SMILES string of the molecule is CC(C)(C)CCC=CCCCC(C)(C)C. The van der Waals surface area contributed by atoms with Gasteiger partial charge < -0.3 is 0 Å². The lowest BCUT2D eigenvalue weighted by Gasteiger charge is -2.17. The molecular formula is C15H30. The lowest BCUT2D eigenvalue weighted by atomic mass is 9.89. The van der Waals surface area contributed by atoms with E-state index in [4.69, 9.17) is 0 Å². The summed E-state index contributed by atoms with van der Waals surface area (Å²) in [5.41, 5.74) is 0.981. The second-order valence-corrected chi connectivity index (χ2v) is 7.02. The van der Waals surface area contributed by atoms with Crippen molar-refractivity contribution in [1.82, 2.24) is 0 Å². The number of hydrogen-bond donors (Lipinski definition) is 0. The van der Waals surface area contributed by atoms with E-state index in [2.05, 4.69) is 53.7 Å². The molecule has 0 heteroatoms. The largest absolute Gasteiger partial charge is 0.0885 e. The first-order valence-electron chi connectivity index (χ1n) is 6.36. The summed E-state index contributed by atoms with van der Waals surface area (Å²) >= 11 is 0. The minimum absolute atomic E-state index is 0.482. The summed E-state index contributed by atoms with van der Waals surface area (Å²) < 4.78 is 0. The van der Waals surface area contributed by atoms with Crippen molar-refractivity contribution >= 4 is 0 Å². The fourth-order valence-corrected chi connectivity index (χ4v) is 1.50. The molecule has 0 spiro atoms. The minimum Gasteiger partial charge on any atom is -0.0885 e. The van der Waals surface area contributed by atoms with E-state index in [0.29, 0.717) is 10.8 Å². The van der Waals surface area contributed by atoms with Crippen LogP contribution in [-0.4, -0.2) is 0 Å². The van der Waals surface area contributed by atoms with E-state index < -0.39 is 0 Å². The van der Waals surface area contributed by atoms with Crippen LogP contribution >= 0.6 is 0 Å². The average Bonchev–Trinajstić information content (AvgIpc) is 1.98. The molecule has 0 aliphatic carbocycles. The molecule has 0 fully saturated rings. The van der Waals surface area contributed by atoms with Gasteiger partial charge in [0.15, 0.2) is 0 Å². The standard InChI is InChI=1S/C15H30/c1-14(2,3)12-10-8-7-9-11-13-15(4,5)6/h7-8H,9-13H2,1-6H3. The fourth-order valence-electron chi connectivity index (χ4n) is 1.50. The summed E-state index contributed by atoms with van der Waals surface area (Å²) in [6.07, 6.45) is 11.2. The van der Waals surface area contributed by atoms with Gasteiger partial charge in [0.25, 0.3) is 0 Å². The number of rotatable bonds is 5. The highest BCUT2D eigenvalue weighted by Crippen LogP contribution is 2.22. The van der Waals surface area contributed by atoms with Crippen molar-refractivity contribution in [3.63, 3.8) is 0 Å². The summed E-state index contributed by atoms with van der Waals surface area (Å²) in [5.74, 6) is 0. The van der Waals surface area contributed by atoms with Crippen LogP contribution in [0.3, 0.4) is 0 Å². The zero-order valence-corrected chi connectivity index (χ0v) is 11.7. The Kier molecular flexibility index (Phi) is 6.24. The molecule has 0 heterocycles. The van der Waals surface area contributed by atoms with Gasteiger partial charge in [-0.25, -0.2) is 0 Å². The lowest BCUT2D eigenvalue weighted by molar-refractivity contribution is 0.366. The Morgan fingerprint density at radius 3 is 1.60 bits per heavy atom. The third-order valence-electron chi connectivity index (χ3n) is 2.53. The highest BCUT2D eigenvalue weighted by Gasteiger charge is 2.08. The molecule has 0 nitrogen and oxygen atoms in total. The van der Waals surface area contributed by atoms with Crippen LogP contribution in [0.2, 0.25) is 0 Å². The second kappa shape index (κ2) is 6.35. The van der Waals surface area contributed by atoms with E-state index in [1.54, 1.807) is 0 Å². The minimum atomic E-state index is 0.482. The lowest BCUT2D eigenvalue weighted by Crippen LogP contribution is -2.03. The molecule has 0 saturated heterocycles. The van der Waals surface area contributed by atoms with Gasteiger partial charge in [0, 0.05) is 0 Å². The van der Waals surface area contributed by atoms with Crippen LogP contribution in [0.15, 0.2) is 12.2 Å². The molecule has 0 bridgehead atoms. The van der Waals surface area contributed by atoms with Crippen LogP contribution in [0.5, 0.6) is 0 Å². The highest BCUT2D eigenvalue weighted by atomic mass is 14.1. The average molecular weight is 210 g/mol. The molecule has 90 valence electrons. The van der Waals surface area contributed by atoms with E-state index >= 15 is 0 Å². The number of hydrogen-bond acceptors (Lipinski definition) is 0. The Morgan fingerprint density at radius 1 is 0.667 bits per heavy atom. The summed E-state index contributed by atoms with van der Waals surface area (Å²) in [6, 6.07) is 0. The number of unbranched alkanes of at least 4 members (excludes halogenated alkanes) is 1. The maximum absolute atomic E-state index is 2.36. The van der Waals surface area contributed by atoms with Crippen molar-refractivity contribution in [3.05, 3.63) is 12.2 Å². The number of allylic oxidation sites excluding steroid dienone is 2. The van der Waals surface area contributed by atoms with Gasteiger partial charge in [-0.2, -0.15) is 0 Å². The first kappa shape index (κ1) is 14.7. The van der Waals surface area contributed by atoms with Crippen molar-refractivity contribution in [2.24, 2.45) is 10.8 Å². The zero-order valence-electron chi connectivity index (χ0n) is 11.7. The Morgan fingerprint density at radius 2 is 1.13 bits per heavy atom. The molecule has 0 unspecified atom stereocenters. The molecule has 0 aromatic heterocycles. The van der Waals surface area contributed by atoms with E-state index in [-0.39, 0.29) is 0 Å². The van der Waals surface area contributed by atoms with Crippen LogP contribution in [0, 0.1) is 10.8 Å². The van der Waals surface area contributed by atoms with Gasteiger partial charge in [-0.05, 0) is 42.9 Å². The molecule has 0 atom stereocenters. The second-order valence-electron chi connectivity index (χ2n) is 7.02. The normalized spacial score (nSPS) is 13.7. The summed E-state index contributed by atoms with van der Waals surface area (Å²) in [5, 5.41) is 0. The molecule has 15 heavy (non-hydrogen) atoms. The Hall–Kier alpha value is -0.260. The van der Waals surface area contributed by atoms with Gasteiger partial charge in [0.05, 0.1) is 0 Å². The molecule has 0 aromatic carbocycles. The topological polar surface area (TPSA) is 0 Å². The van der Waals surface area contributed by atoms with Crippen molar-refractivity contribution in [2.75, 3.05) is 0 Å². The van der Waals surface area contributed by atoms with Crippen LogP contribution in [0.4, 0.5) is 0 Å². The van der Waals surface area contributed by atoms with Crippen molar-refractivity contribution < 1.29 is 0 Å². The molecular weight excluding hydrogens is 180 g/mol. The van der Waals surface area contributed by atoms with E-state index in [9.17, 15) is 0 Å². The predicted octanol–water partition coefficient (Wildman–Crippen LogP) is 5.59. The van der Waals surface area contributed by atoms with Crippen molar-refractivity contribution in [3.8, 4) is 0 Å². The maximum atomic E-state index is 2.36. The maximum Gasteiger partial charge on any atom is -0.0346 e. The van der Waals surface area contributed by atoms with Gasteiger partial charge in [-0.1, -0.05) is 53.7 Å². The Balaban J connectivity index is 3.41. The molecule has 0 aromatic rings. The fraction of sp³-hybridized carbons (Fsp3) is 0.867. The highest BCUT2D eigenvalue weighted by molar-refractivity contribution is 4.83. The smallest absolute Gasteiger partial charge is 0.0346 e. The molecule has 0 amide bonds. The molecule has 0 N–H and O–H groups in total. The molecule has 0 aliphatic rings. The van der Waals surface area contributed by atoms with Crippen molar-refractivity contribution in [2.45, 2.75) is 73.6 Å².